The van der Waals surface area contributed by atoms with Gasteiger partial charge in [-0.3, -0.25) is 5.43 Å². The number of hydrazone groups is 1. The second kappa shape index (κ2) is 3.92. The fourth-order valence-electron chi connectivity index (χ4n) is 0.828. The number of hydrogen-bond acceptors (Lipinski definition) is 3. The molecule has 0 unspecified atom stereocenters. The van der Waals surface area contributed by atoms with E-state index in [1.807, 2.05) is 31.2 Å². The van der Waals surface area contributed by atoms with Gasteiger partial charge in [-0.25, -0.2) is 0 Å². The van der Waals surface area contributed by atoms with Crippen LogP contribution < -0.4 is 11.2 Å². The lowest BCUT2D eigenvalue weighted by Gasteiger charge is -2.06. The lowest BCUT2D eigenvalue weighted by Crippen LogP contribution is -2.14. The zero-order valence-electron chi connectivity index (χ0n) is 6.74. The highest BCUT2D eigenvalue weighted by Gasteiger charge is 1.95. The lowest BCUT2D eigenvalue weighted by molar-refractivity contribution is 0.882. The highest BCUT2D eigenvalue weighted by molar-refractivity contribution is 7.77. The van der Waals surface area contributed by atoms with Gasteiger partial charge in [0, 0.05) is 5.70 Å². The molecule has 3 nitrogen and oxygen atoms in total. The van der Waals surface area contributed by atoms with Crippen molar-refractivity contribution in [3.63, 3.8) is 0 Å². The molecule has 3 N–H and O–H groups in total. The zero-order valence-corrected chi connectivity index (χ0v) is 7.56. The van der Waals surface area contributed by atoms with E-state index in [4.69, 9.17) is 5.73 Å². The van der Waals surface area contributed by atoms with Gasteiger partial charge in [0.05, 0.1) is 0 Å². The molecule has 0 aromatic rings. The maximum Gasteiger partial charge on any atom is 0.0377 e. The van der Waals surface area contributed by atoms with Gasteiger partial charge < -0.3 is 18.4 Å². The Balaban J connectivity index is 2.64. The summed E-state index contributed by atoms with van der Waals surface area (Å²) in [5.74, 6) is 0. The Hall–Kier alpha value is -1.29. The summed E-state index contributed by atoms with van der Waals surface area (Å²) in [7, 11) is 0. The van der Waals surface area contributed by atoms with Crippen molar-refractivity contribution in [2.45, 2.75) is 6.92 Å². The van der Waals surface area contributed by atoms with Crippen LogP contribution in [0.15, 0.2) is 40.7 Å². The molecular weight excluding hydrogens is 170 g/mol. The Morgan fingerprint density at radius 2 is 2.08 bits per heavy atom. The van der Waals surface area contributed by atoms with Crippen molar-refractivity contribution in [1.29, 1.82) is 0 Å². The number of nitrogens with zero attached hydrogens (tertiary/aromatic N) is 1. The fraction of sp³-hybridized carbons (Fsp3) is 0.125. The summed E-state index contributed by atoms with van der Waals surface area (Å²) in [6.45, 7) is 1.91. The highest BCUT2D eigenvalue weighted by atomic mass is 32.1. The van der Waals surface area contributed by atoms with Crippen LogP contribution in [-0.4, -0.2) is 5.17 Å². The number of amidine groups is 1. The SMILES string of the molecule is CC(NN=C(N)[S-])=C1C=CC=C1. The molecule has 12 heavy (non-hydrogen) atoms. The first kappa shape index (κ1) is 8.80. The van der Waals surface area contributed by atoms with E-state index in [9.17, 15) is 0 Å². The van der Waals surface area contributed by atoms with E-state index in [0.29, 0.717) is 0 Å². The van der Waals surface area contributed by atoms with Gasteiger partial charge in [-0.1, -0.05) is 24.3 Å². The number of allylic oxidation sites excluding steroid dienone is 6. The van der Waals surface area contributed by atoms with Crippen LogP contribution in [0.4, 0.5) is 0 Å². The van der Waals surface area contributed by atoms with Crippen LogP contribution in [0.25, 0.3) is 0 Å². The average molecular weight is 180 g/mol. The maximum absolute atomic E-state index is 5.18. The average Bonchev–Trinajstić information content (AvgIpc) is 2.51. The Morgan fingerprint density at radius 1 is 1.50 bits per heavy atom. The Labute approximate surface area is 77.1 Å². The highest BCUT2D eigenvalue weighted by Crippen LogP contribution is 2.10. The molecule has 0 aromatic carbocycles. The summed E-state index contributed by atoms with van der Waals surface area (Å²) in [6, 6.07) is 0. The first-order chi connectivity index (χ1) is 5.70. The van der Waals surface area contributed by atoms with E-state index >= 15 is 0 Å². The van der Waals surface area contributed by atoms with Crippen LogP contribution in [0.3, 0.4) is 0 Å². The number of nitrogens with one attached hydrogen (secondary N) is 1. The molecule has 4 heteroatoms. The van der Waals surface area contributed by atoms with Crippen LogP contribution in [0.2, 0.25) is 0 Å². The third kappa shape index (κ3) is 2.39. The van der Waals surface area contributed by atoms with Crippen molar-refractivity contribution in [2.24, 2.45) is 10.8 Å². The van der Waals surface area contributed by atoms with Crippen LogP contribution in [0.1, 0.15) is 6.92 Å². The van der Waals surface area contributed by atoms with Gasteiger partial charge in [-0.2, -0.15) is 5.10 Å². The molecule has 0 saturated carbocycles. The minimum Gasteiger partial charge on any atom is -0.741 e. The minimum absolute atomic E-state index is 0.112. The van der Waals surface area contributed by atoms with Gasteiger partial charge in [-0.15, -0.1) is 0 Å². The van der Waals surface area contributed by atoms with Gasteiger partial charge >= 0.3 is 0 Å². The third-order valence-electron chi connectivity index (χ3n) is 1.43. The summed E-state index contributed by atoms with van der Waals surface area (Å²) in [5, 5.41) is 3.81. The monoisotopic (exact) mass is 180 g/mol. The quantitative estimate of drug-likeness (QED) is 0.285. The van der Waals surface area contributed by atoms with Crippen molar-refractivity contribution in [1.82, 2.24) is 5.43 Å². The molecule has 0 atom stereocenters. The van der Waals surface area contributed by atoms with E-state index in [1.54, 1.807) is 0 Å². The number of nitrogens with two attached hydrogens (primary N) is 1. The normalized spacial score (nSPS) is 15.4. The van der Waals surface area contributed by atoms with Crippen molar-refractivity contribution in [2.75, 3.05) is 0 Å². The molecule has 64 valence electrons. The lowest BCUT2D eigenvalue weighted by atomic mass is 10.2. The molecule has 0 fully saturated rings. The fourth-order valence-corrected chi connectivity index (χ4v) is 0.873. The van der Waals surface area contributed by atoms with E-state index < -0.39 is 0 Å². The molecule has 0 bridgehead atoms. The standard InChI is InChI=1S/C8H11N3S/c1-6(10-11-8(9)12)7-4-2-3-5-7/h2-5,10H,1H3,(H3,9,11,12)/p-1. The molecule has 0 heterocycles. The van der Waals surface area contributed by atoms with Gasteiger partial charge in [0.2, 0.25) is 0 Å². The topological polar surface area (TPSA) is 50.4 Å². The molecule has 0 aliphatic heterocycles. The minimum atomic E-state index is 0.112. The maximum atomic E-state index is 5.18. The van der Waals surface area contributed by atoms with Gasteiger partial charge in [0.15, 0.2) is 0 Å². The predicted octanol–water partition coefficient (Wildman–Crippen LogP) is 0.753. The number of rotatable bonds is 2. The molecule has 0 saturated heterocycles. The first-order valence-corrected chi connectivity index (χ1v) is 3.93. The molecule has 0 aromatic heterocycles. The van der Waals surface area contributed by atoms with Crippen molar-refractivity contribution < 1.29 is 0 Å². The number of hydrogen-bond donors (Lipinski definition) is 2. The summed E-state index contributed by atoms with van der Waals surface area (Å²) in [4.78, 5) is 0. The second-order valence-electron chi connectivity index (χ2n) is 2.36. The van der Waals surface area contributed by atoms with E-state index in [2.05, 4.69) is 23.2 Å². The van der Waals surface area contributed by atoms with Crippen LogP contribution >= 0.6 is 0 Å². The molecule has 0 spiro atoms. The largest absolute Gasteiger partial charge is 0.741 e. The van der Waals surface area contributed by atoms with Crippen LogP contribution in [0, 0.1) is 0 Å². The molecule has 1 rings (SSSR count). The molecule has 1 aliphatic carbocycles. The zero-order chi connectivity index (χ0) is 8.97. The summed E-state index contributed by atoms with van der Waals surface area (Å²) < 4.78 is 0. The molecular formula is C8H10N3S-. The van der Waals surface area contributed by atoms with E-state index in [1.165, 1.54) is 0 Å². The first-order valence-electron chi connectivity index (χ1n) is 3.52. The molecule has 0 amide bonds. The second-order valence-corrected chi connectivity index (χ2v) is 2.78. The summed E-state index contributed by atoms with van der Waals surface area (Å²) in [6.07, 6.45) is 7.89. The van der Waals surface area contributed by atoms with Crippen LogP contribution in [-0.2, 0) is 12.6 Å². The predicted molar refractivity (Wildman–Crippen MR) is 53.1 cm³/mol. The van der Waals surface area contributed by atoms with E-state index in [-0.39, 0.29) is 5.17 Å². The van der Waals surface area contributed by atoms with Crippen molar-refractivity contribution >= 4 is 17.8 Å². The van der Waals surface area contributed by atoms with Gasteiger partial charge in [-0.05, 0) is 17.7 Å². The molecule has 1 aliphatic rings. The Morgan fingerprint density at radius 3 is 2.58 bits per heavy atom. The van der Waals surface area contributed by atoms with Gasteiger partial charge in [0.25, 0.3) is 0 Å². The summed E-state index contributed by atoms with van der Waals surface area (Å²) in [5.41, 5.74) is 9.97. The smallest absolute Gasteiger partial charge is 0.0377 e. The van der Waals surface area contributed by atoms with Crippen molar-refractivity contribution in [3.05, 3.63) is 35.6 Å². The molecule has 0 radical (unpaired) electrons. The van der Waals surface area contributed by atoms with Gasteiger partial charge in [0.1, 0.15) is 0 Å². The third-order valence-corrected chi connectivity index (χ3v) is 1.52. The summed E-state index contributed by atoms with van der Waals surface area (Å²) >= 11 is 4.58. The van der Waals surface area contributed by atoms with E-state index in [0.717, 1.165) is 11.3 Å². The van der Waals surface area contributed by atoms with Crippen LogP contribution in [0.5, 0.6) is 0 Å². The Bertz CT molecular complexity index is 269. The van der Waals surface area contributed by atoms with Crippen molar-refractivity contribution in [3.8, 4) is 0 Å². The Kier molecular flexibility index (Phi) is 2.88.